The summed E-state index contributed by atoms with van der Waals surface area (Å²) in [7, 11) is -16.7. The summed E-state index contributed by atoms with van der Waals surface area (Å²) in [6, 6.07) is 0. The molecule has 1 saturated heterocycles. The lowest BCUT2D eigenvalue weighted by molar-refractivity contribution is -0.0503. The van der Waals surface area contributed by atoms with Gasteiger partial charge in [-0.3, -0.25) is 13.5 Å². The molecule has 0 bridgehead atoms. The van der Waals surface area contributed by atoms with Gasteiger partial charge in [0.25, 0.3) is 0 Å². The van der Waals surface area contributed by atoms with Gasteiger partial charge >= 0.3 is 23.5 Å². The number of phosphoric acid groups is 3. The van der Waals surface area contributed by atoms with E-state index in [1.165, 1.54) is 23.4 Å². The molecular formula is C12H16N5O13P3. The van der Waals surface area contributed by atoms with Crippen LogP contribution in [0.1, 0.15) is 6.23 Å². The van der Waals surface area contributed by atoms with E-state index in [4.69, 9.17) is 19.4 Å². The Hall–Kier alpha value is -1.62. The van der Waals surface area contributed by atoms with Gasteiger partial charge in [0.1, 0.15) is 24.6 Å². The van der Waals surface area contributed by atoms with E-state index in [0.29, 0.717) is 11.2 Å². The zero-order chi connectivity index (χ0) is 24.2. The van der Waals surface area contributed by atoms with Gasteiger partial charge in [0, 0.05) is 12.4 Å². The topological polar surface area (TPSA) is 258 Å². The van der Waals surface area contributed by atoms with E-state index in [1.807, 2.05) is 0 Å². The van der Waals surface area contributed by atoms with E-state index in [0.717, 1.165) is 0 Å². The normalized spacial score (nSPS) is 27.7. The molecule has 0 saturated carbocycles. The predicted octanol–water partition coefficient (Wildman–Crippen LogP) is -0.959. The SMILES string of the molecule is O=P(O)(O)OP(=O)(O)OP(=O)(O)OC[C@H]1O[C@@H](n2cnc3c2ncn2ccnc32)[C@@H](O)C1O. The minimum Gasteiger partial charge on any atom is -0.387 e. The van der Waals surface area contributed by atoms with Gasteiger partial charge in [-0.25, -0.2) is 28.6 Å². The van der Waals surface area contributed by atoms with Crippen molar-refractivity contribution >= 4 is 40.3 Å². The fourth-order valence-corrected chi connectivity index (χ4v) is 6.13. The third-order valence-corrected chi connectivity index (χ3v) is 8.18. The van der Waals surface area contributed by atoms with Gasteiger partial charge < -0.3 is 34.5 Å². The first-order valence-corrected chi connectivity index (χ1v) is 13.2. The zero-order valence-corrected chi connectivity index (χ0v) is 18.6. The molecule has 33 heavy (non-hydrogen) atoms. The predicted molar refractivity (Wildman–Crippen MR) is 102 cm³/mol. The first-order chi connectivity index (χ1) is 15.3. The van der Waals surface area contributed by atoms with E-state index < -0.39 is 54.6 Å². The van der Waals surface area contributed by atoms with Crippen LogP contribution in [0.25, 0.3) is 16.8 Å². The van der Waals surface area contributed by atoms with Crippen molar-refractivity contribution in [2.45, 2.75) is 24.5 Å². The van der Waals surface area contributed by atoms with Crippen LogP contribution < -0.4 is 0 Å². The van der Waals surface area contributed by atoms with Crippen LogP contribution in [0.3, 0.4) is 0 Å². The van der Waals surface area contributed by atoms with Crippen molar-refractivity contribution < 1.29 is 61.4 Å². The van der Waals surface area contributed by atoms with Crippen LogP contribution in [0.5, 0.6) is 0 Å². The second kappa shape index (κ2) is 8.55. The number of ether oxygens (including phenoxy) is 1. The highest BCUT2D eigenvalue weighted by Gasteiger charge is 2.47. The fraction of sp³-hybridized carbons (Fsp3) is 0.417. The van der Waals surface area contributed by atoms with Crippen LogP contribution in [0.4, 0.5) is 0 Å². The summed E-state index contributed by atoms with van der Waals surface area (Å²) >= 11 is 0. The zero-order valence-electron chi connectivity index (χ0n) is 15.9. The molecule has 1 aliphatic rings. The largest absolute Gasteiger partial charge is 0.490 e. The minimum absolute atomic E-state index is 0.249. The smallest absolute Gasteiger partial charge is 0.387 e. The monoisotopic (exact) mass is 531 g/mol. The summed E-state index contributed by atoms with van der Waals surface area (Å²) in [5, 5.41) is 20.6. The Morgan fingerprint density at radius 1 is 0.939 bits per heavy atom. The number of aromatic nitrogens is 5. The molecule has 6 atom stereocenters. The Balaban J connectivity index is 1.47. The van der Waals surface area contributed by atoms with E-state index in [9.17, 15) is 28.8 Å². The Bertz CT molecular complexity index is 1320. The van der Waals surface area contributed by atoms with Crippen LogP contribution in [0, 0.1) is 0 Å². The summed E-state index contributed by atoms with van der Waals surface area (Å²) in [4.78, 5) is 48.3. The fourth-order valence-electron chi connectivity index (χ4n) is 3.10. The highest BCUT2D eigenvalue weighted by Crippen LogP contribution is 2.66. The summed E-state index contributed by atoms with van der Waals surface area (Å²) in [6.45, 7) is -0.941. The van der Waals surface area contributed by atoms with Gasteiger partial charge in [-0.05, 0) is 0 Å². The Morgan fingerprint density at radius 2 is 1.67 bits per heavy atom. The molecule has 0 radical (unpaired) electrons. The van der Waals surface area contributed by atoms with Crippen molar-refractivity contribution in [2.75, 3.05) is 6.61 Å². The van der Waals surface area contributed by atoms with E-state index in [2.05, 4.69) is 28.1 Å². The van der Waals surface area contributed by atoms with Crippen LogP contribution >= 0.6 is 23.5 Å². The number of aliphatic hydroxyl groups excluding tert-OH is 2. The Labute approximate surface area is 182 Å². The van der Waals surface area contributed by atoms with Crippen molar-refractivity contribution in [3.63, 3.8) is 0 Å². The molecule has 3 unspecified atom stereocenters. The first-order valence-electron chi connectivity index (χ1n) is 8.70. The number of rotatable bonds is 8. The highest BCUT2D eigenvalue weighted by atomic mass is 31.3. The molecule has 3 aromatic heterocycles. The number of nitrogens with zero attached hydrogens (tertiary/aromatic N) is 5. The van der Waals surface area contributed by atoms with Gasteiger partial charge in [-0.2, -0.15) is 8.62 Å². The van der Waals surface area contributed by atoms with Gasteiger partial charge in [0.2, 0.25) is 0 Å². The number of fused-ring (bicyclic) bond motifs is 3. The number of hydrogen-bond donors (Lipinski definition) is 6. The third kappa shape index (κ3) is 5.23. The summed E-state index contributed by atoms with van der Waals surface area (Å²) < 4.78 is 53.9. The highest BCUT2D eigenvalue weighted by molar-refractivity contribution is 7.66. The minimum atomic E-state index is -5.70. The average molecular weight is 531 g/mol. The lowest BCUT2D eigenvalue weighted by Gasteiger charge is -2.19. The van der Waals surface area contributed by atoms with Crippen molar-refractivity contribution in [3.8, 4) is 0 Å². The molecule has 1 aliphatic heterocycles. The lowest BCUT2D eigenvalue weighted by atomic mass is 10.1. The maximum atomic E-state index is 11.9. The standard InChI is InChI=1S/C12H16N5O13P3/c18-8-6(3-27-32(23,24)30-33(25,26)29-31(20,21)22)28-12(9(8)19)17-5-14-7-10-13-1-2-16(10)4-15-11(7)17/h1-2,4-6,8-9,12,18-19H,3H2,(H,23,24)(H,25,26)(H2,20,21,22)/t6-,8?,9+,12-/m1/s1. The molecule has 4 heterocycles. The molecule has 3 aromatic rings. The van der Waals surface area contributed by atoms with Crippen molar-refractivity contribution in [2.24, 2.45) is 0 Å². The van der Waals surface area contributed by atoms with Crippen molar-refractivity contribution in [3.05, 3.63) is 25.0 Å². The molecule has 0 aromatic carbocycles. The molecule has 21 heteroatoms. The first kappa shape index (κ1) is 24.5. The maximum absolute atomic E-state index is 11.9. The molecule has 0 aliphatic carbocycles. The number of aliphatic hydroxyl groups is 2. The number of hydrogen-bond acceptors (Lipinski definition) is 12. The van der Waals surface area contributed by atoms with E-state index >= 15 is 0 Å². The lowest BCUT2D eigenvalue weighted by Crippen LogP contribution is -2.33. The summed E-state index contributed by atoms with van der Waals surface area (Å²) in [6.07, 6.45) is -0.0505. The van der Waals surface area contributed by atoms with Crippen LogP contribution in [0.2, 0.25) is 0 Å². The average Bonchev–Trinajstić information content (AvgIpc) is 3.35. The van der Waals surface area contributed by atoms with Crippen molar-refractivity contribution in [1.29, 1.82) is 0 Å². The second-order valence-corrected chi connectivity index (χ2v) is 11.1. The van der Waals surface area contributed by atoms with Crippen LogP contribution in [-0.2, 0) is 31.6 Å². The maximum Gasteiger partial charge on any atom is 0.490 e. The van der Waals surface area contributed by atoms with Crippen LogP contribution in [0.15, 0.2) is 25.0 Å². The number of phosphoric ester groups is 1. The van der Waals surface area contributed by atoms with Crippen LogP contribution in [-0.4, -0.2) is 78.6 Å². The van der Waals surface area contributed by atoms with E-state index in [-0.39, 0.29) is 5.65 Å². The second-order valence-electron chi connectivity index (χ2n) is 6.66. The third-order valence-electron chi connectivity index (χ3n) is 4.38. The molecule has 18 nitrogen and oxygen atoms in total. The molecule has 6 N–H and O–H groups in total. The summed E-state index contributed by atoms with van der Waals surface area (Å²) in [5.74, 6) is 0. The van der Waals surface area contributed by atoms with Crippen molar-refractivity contribution in [1.82, 2.24) is 23.9 Å². The quantitative estimate of drug-likeness (QED) is 0.191. The summed E-state index contributed by atoms with van der Waals surface area (Å²) in [5.41, 5.74) is 1.08. The molecule has 4 rings (SSSR count). The van der Waals surface area contributed by atoms with Gasteiger partial charge in [-0.15, -0.1) is 0 Å². The Kier molecular flexibility index (Phi) is 6.35. The molecular weight excluding hydrogens is 515 g/mol. The van der Waals surface area contributed by atoms with Gasteiger partial charge in [0.05, 0.1) is 12.9 Å². The van der Waals surface area contributed by atoms with E-state index in [1.54, 1.807) is 10.6 Å². The Morgan fingerprint density at radius 3 is 2.36 bits per heavy atom. The number of imidazole rings is 2. The molecule has 182 valence electrons. The molecule has 0 spiro atoms. The van der Waals surface area contributed by atoms with Gasteiger partial charge in [0.15, 0.2) is 23.0 Å². The van der Waals surface area contributed by atoms with Gasteiger partial charge in [-0.1, -0.05) is 0 Å². The molecule has 1 fully saturated rings. The molecule has 0 amide bonds.